The SMILES string of the molecule is CCC1C(=O)N(C)c2cnc(Nc3ccc(C(=O)NCCOCCNc4cccc5c4C(=O)N(C4CCC(=O)NC4=O)C5=O)cc3OC)nc2N1C(C)C. The Balaban J connectivity index is 0.991. The number of ether oxygens (including phenoxy) is 2. The van der Waals surface area contributed by atoms with Crippen LogP contribution < -0.4 is 35.8 Å². The van der Waals surface area contributed by atoms with Gasteiger partial charge in [-0.2, -0.15) is 4.98 Å². The number of piperidine rings is 1. The Bertz CT molecular complexity index is 2000. The quantitative estimate of drug-likeness (QED) is 0.139. The molecule has 1 fully saturated rings. The number of nitrogens with zero attached hydrogens (tertiary/aromatic N) is 5. The van der Waals surface area contributed by atoms with Gasteiger partial charge in [0.2, 0.25) is 23.7 Å². The van der Waals surface area contributed by atoms with Crippen molar-refractivity contribution in [1.82, 2.24) is 25.5 Å². The van der Waals surface area contributed by atoms with E-state index in [4.69, 9.17) is 14.5 Å². The van der Waals surface area contributed by atoms with Crippen LogP contribution in [0.15, 0.2) is 42.6 Å². The fourth-order valence-electron chi connectivity index (χ4n) is 6.86. The summed E-state index contributed by atoms with van der Waals surface area (Å²) >= 11 is 0. The smallest absolute Gasteiger partial charge is 0.264 e. The Kier molecular flexibility index (Phi) is 11.1. The van der Waals surface area contributed by atoms with Crippen molar-refractivity contribution in [1.29, 1.82) is 0 Å². The number of hydrogen-bond acceptors (Lipinski definition) is 13. The molecule has 0 aliphatic carbocycles. The summed E-state index contributed by atoms with van der Waals surface area (Å²) in [6.45, 7) is 6.97. The summed E-state index contributed by atoms with van der Waals surface area (Å²) in [5.74, 6) is -1.26. The molecule has 1 saturated heterocycles. The predicted octanol–water partition coefficient (Wildman–Crippen LogP) is 2.46. The van der Waals surface area contributed by atoms with Crippen molar-refractivity contribution >= 4 is 64.3 Å². The van der Waals surface area contributed by atoms with Gasteiger partial charge in [0, 0.05) is 43.9 Å². The van der Waals surface area contributed by atoms with Gasteiger partial charge in [-0.3, -0.25) is 39.0 Å². The molecule has 0 saturated carbocycles. The molecule has 3 aliphatic rings. The Morgan fingerprint density at radius 2 is 1.81 bits per heavy atom. The fourth-order valence-corrected chi connectivity index (χ4v) is 6.86. The maximum absolute atomic E-state index is 13.3. The molecule has 2 aromatic carbocycles. The summed E-state index contributed by atoms with van der Waals surface area (Å²) in [7, 11) is 3.22. The number of amides is 6. The summed E-state index contributed by atoms with van der Waals surface area (Å²) in [6, 6.07) is 8.43. The van der Waals surface area contributed by atoms with Crippen molar-refractivity contribution in [2.75, 3.05) is 60.9 Å². The van der Waals surface area contributed by atoms with Crippen molar-refractivity contribution in [2.24, 2.45) is 0 Å². The van der Waals surface area contributed by atoms with E-state index in [1.807, 2.05) is 25.7 Å². The Hall–Kier alpha value is -6.10. The van der Waals surface area contributed by atoms with E-state index in [1.165, 1.54) is 13.2 Å². The molecule has 4 heterocycles. The number of hydrogen-bond donors (Lipinski definition) is 4. The van der Waals surface area contributed by atoms with Gasteiger partial charge in [0.1, 0.15) is 23.5 Å². The summed E-state index contributed by atoms with van der Waals surface area (Å²) < 4.78 is 11.2. The maximum atomic E-state index is 13.3. The van der Waals surface area contributed by atoms with Crippen LogP contribution in [0.3, 0.4) is 0 Å². The van der Waals surface area contributed by atoms with Gasteiger partial charge in [-0.05, 0) is 57.0 Å². The highest BCUT2D eigenvalue weighted by molar-refractivity contribution is 6.25. The summed E-state index contributed by atoms with van der Waals surface area (Å²) in [6.07, 6.45) is 2.36. The molecule has 2 unspecified atom stereocenters. The van der Waals surface area contributed by atoms with Gasteiger partial charge < -0.3 is 35.2 Å². The van der Waals surface area contributed by atoms with Crippen LogP contribution in [-0.2, 0) is 19.1 Å². The van der Waals surface area contributed by atoms with Crippen LogP contribution in [0.25, 0.3) is 0 Å². The van der Waals surface area contributed by atoms with E-state index >= 15 is 0 Å². The van der Waals surface area contributed by atoms with Crippen molar-refractivity contribution in [3.63, 3.8) is 0 Å². The molecule has 3 aliphatic heterocycles. The molecular formula is C37H43N9O8. The minimum atomic E-state index is -1.05. The molecule has 6 amide bonds. The van der Waals surface area contributed by atoms with Crippen LogP contribution in [0.1, 0.15) is 71.1 Å². The predicted molar refractivity (Wildman–Crippen MR) is 198 cm³/mol. The first-order valence-corrected chi connectivity index (χ1v) is 17.8. The lowest BCUT2D eigenvalue weighted by Gasteiger charge is -2.42. The third-order valence-electron chi connectivity index (χ3n) is 9.52. The first-order chi connectivity index (χ1) is 25.9. The number of fused-ring (bicyclic) bond motifs is 2. The molecule has 0 radical (unpaired) electrons. The minimum Gasteiger partial charge on any atom is -0.495 e. The average Bonchev–Trinajstić information content (AvgIpc) is 3.41. The number of carbonyl (C=O) groups excluding carboxylic acids is 6. The Morgan fingerprint density at radius 1 is 1.04 bits per heavy atom. The molecule has 17 heteroatoms. The van der Waals surface area contributed by atoms with Crippen LogP contribution in [0.2, 0.25) is 0 Å². The number of anilines is 5. The number of nitrogens with one attached hydrogen (secondary N) is 4. The van der Waals surface area contributed by atoms with Gasteiger partial charge in [0.25, 0.3) is 17.7 Å². The summed E-state index contributed by atoms with van der Waals surface area (Å²) in [5.41, 5.74) is 2.31. The zero-order valence-corrected chi connectivity index (χ0v) is 30.7. The van der Waals surface area contributed by atoms with Gasteiger partial charge in [-0.1, -0.05) is 13.0 Å². The summed E-state index contributed by atoms with van der Waals surface area (Å²) in [5, 5.41) is 11.3. The molecule has 4 N–H and O–H groups in total. The number of imide groups is 2. The average molecular weight is 742 g/mol. The lowest BCUT2D eigenvalue weighted by atomic mass is 10.0. The largest absolute Gasteiger partial charge is 0.495 e. The molecule has 6 rings (SSSR count). The molecule has 2 atom stereocenters. The Labute approximate surface area is 311 Å². The van der Waals surface area contributed by atoms with Crippen LogP contribution in [-0.4, -0.2) is 109 Å². The molecule has 54 heavy (non-hydrogen) atoms. The minimum absolute atomic E-state index is 0.00542. The van der Waals surface area contributed by atoms with E-state index in [9.17, 15) is 28.8 Å². The van der Waals surface area contributed by atoms with Crippen molar-refractivity contribution in [3.05, 3.63) is 59.3 Å². The molecule has 0 bridgehead atoms. The molecule has 0 spiro atoms. The second kappa shape index (κ2) is 15.9. The first-order valence-electron chi connectivity index (χ1n) is 17.8. The van der Waals surface area contributed by atoms with Gasteiger partial charge in [0.05, 0.1) is 43.3 Å². The van der Waals surface area contributed by atoms with E-state index in [0.29, 0.717) is 53.1 Å². The van der Waals surface area contributed by atoms with Crippen LogP contribution in [0, 0.1) is 0 Å². The zero-order valence-electron chi connectivity index (χ0n) is 30.7. The van der Waals surface area contributed by atoms with Crippen molar-refractivity contribution in [3.8, 4) is 5.75 Å². The van der Waals surface area contributed by atoms with E-state index in [0.717, 1.165) is 4.90 Å². The van der Waals surface area contributed by atoms with Gasteiger partial charge in [0.15, 0.2) is 5.82 Å². The molecule has 3 aromatic rings. The van der Waals surface area contributed by atoms with Crippen molar-refractivity contribution < 1.29 is 38.2 Å². The second-order valence-corrected chi connectivity index (χ2v) is 13.2. The highest BCUT2D eigenvalue weighted by Crippen LogP contribution is 2.37. The zero-order chi connectivity index (χ0) is 38.7. The van der Waals surface area contributed by atoms with Crippen LogP contribution in [0.5, 0.6) is 5.75 Å². The molecule has 284 valence electrons. The van der Waals surface area contributed by atoms with Gasteiger partial charge >= 0.3 is 0 Å². The highest BCUT2D eigenvalue weighted by atomic mass is 16.5. The second-order valence-electron chi connectivity index (χ2n) is 13.2. The number of carbonyl (C=O) groups is 6. The van der Waals surface area contributed by atoms with Crippen molar-refractivity contribution in [2.45, 2.75) is 58.2 Å². The van der Waals surface area contributed by atoms with Gasteiger partial charge in [-0.25, -0.2) is 4.98 Å². The van der Waals surface area contributed by atoms with Crippen LogP contribution in [0.4, 0.5) is 28.8 Å². The fraction of sp³-hybridized carbons (Fsp3) is 0.405. The topological polar surface area (TPSA) is 204 Å². The number of benzene rings is 2. The Morgan fingerprint density at radius 3 is 2.54 bits per heavy atom. The standard InChI is InChI=1S/C37H43N9O8/c1-6-25-35(51)44(4)27-19-40-37(43-31(27)45(25)20(2)3)41-23-11-10-21(18-28(23)53-5)32(48)39-15-17-54-16-14-38-24-9-7-8-22-30(24)36(52)46(34(22)50)26-12-13-29(47)42-33(26)49/h7-11,18-20,25-26,38H,6,12-17H2,1-5H3,(H,39,48)(H,40,41,43)(H,42,47,49). The number of methoxy groups -OCH3 is 1. The monoisotopic (exact) mass is 741 g/mol. The normalized spacial score (nSPS) is 18.1. The highest BCUT2D eigenvalue weighted by Gasteiger charge is 2.45. The molecule has 1 aromatic heterocycles. The summed E-state index contributed by atoms with van der Waals surface area (Å²) in [4.78, 5) is 89.9. The maximum Gasteiger partial charge on any atom is 0.264 e. The number of aromatic nitrogens is 2. The molecule has 17 nitrogen and oxygen atoms in total. The van der Waals surface area contributed by atoms with E-state index in [2.05, 4.69) is 26.3 Å². The van der Waals surface area contributed by atoms with Gasteiger partial charge in [-0.15, -0.1) is 0 Å². The lowest BCUT2D eigenvalue weighted by molar-refractivity contribution is -0.136. The molecular weight excluding hydrogens is 698 g/mol. The number of rotatable bonds is 14. The number of likely N-dealkylation sites (N-methyl/N-ethyl adjacent to an activating group) is 1. The third kappa shape index (κ3) is 7.26. The van der Waals surface area contributed by atoms with E-state index in [-0.39, 0.29) is 67.6 Å². The lowest BCUT2D eigenvalue weighted by Crippen LogP contribution is -2.54. The third-order valence-corrected chi connectivity index (χ3v) is 9.52. The van der Waals surface area contributed by atoms with Crippen LogP contribution >= 0.6 is 0 Å². The van der Waals surface area contributed by atoms with E-state index in [1.54, 1.807) is 48.5 Å². The van der Waals surface area contributed by atoms with E-state index < -0.39 is 29.7 Å². The first kappa shape index (κ1) is 37.7.